The molecule has 1 atom stereocenters. The Hall–Kier alpha value is -0.910. The van der Waals surface area contributed by atoms with Gasteiger partial charge >= 0.3 is 0 Å². The maximum atomic E-state index is 12.1. The van der Waals surface area contributed by atoms with E-state index in [-0.39, 0.29) is 29.1 Å². The lowest BCUT2D eigenvalue weighted by atomic mass is 9.79. The summed E-state index contributed by atoms with van der Waals surface area (Å²) >= 11 is 0. The number of piperidine rings is 1. The molecule has 1 saturated heterocycles. The quantitative estimate of drug-likeness (QED) is 0.656. The van der Waals surface area contributed by atoms with Gasteiger partial charge in [-0.1, -0.05) is 26.0 Å². The molecule has 23 heavy (non-hydrogen) atoms. The third-order valence-electron chi connectivity index (χ3n) is 4.43. The van der Waals surface area contributed by atoms with E-state index >= 15 is 0 Å². The van der Waals surface area contributed by atoms with Crippen molar-refractivity contribution in [2.24, 2.45) is 11.7 Å². The van der Waals surface area contributed by atoms with Gasteiger partial charge in [-0.3, -0.25) is 4.79 Å². The summed E-state index contributed by atoms with van der Waals surface area (Å²) in [5.74, 6) is 0.567. The molecule has 1 fully saturated rings. The normalized spacial score (nSPS) is 23.3. The zero-order valence-electron chi connectivity index (χ0n) is 15.6. The second kappa shape index (κ2) is 7.77. The molecule has 0 aromatic carbocycles. The van der Waals surface area contributed by atoms with Gasteiger partial charge in [0.05, 0.1) is 0 Å². The Labute approximate surface area is 141 Å². The smallest absolute Gasteiger partial charge is 0.224 e. The predicted octanol–water partition coefficient (Wildman–Crippen LogP) is 2.83. The van der Waals surface area contributed by atoms with Crippen LogP contribution in [-0.2, 0) is 4.79 Å². The van der Waals surface area contributed by atoms with Gasteiger partial charge < -0.3 is 16.3 Å². The molecule has 1 unspecified atom stereocenters. The number of hydroxylamine groups is 2. The van der Waals surface area contributed by atoms with E-state index in [1.165, 1.54) is 5.06 Å². The lowest BCUT2D eigenvalue weighted by Gasteiger charge is -2.51. The van der Waals surface area contributed by atoms with Gasteiger partial charge in [-0.05, 0) is 52.9 Å². The standard InChI is InChI=1S/C18H35N3O2/c1-13(2)10-14(19)8-7-9-16(22)20-15-11-17(3,4)21(23)18(5,6)12-15/h7-8,13-15,23H,9-12,19H2,1-6H3,(H,20,22). The third kappa shape index (κ3) is 6.24. The fourth-order valence-corrected chi connectivity index (χ4v) is 3.63. The lowest BCUT2D eigenvalue weighted by Crippen LogP contribution is -2.62. The highest BCUT2D eigenvalue weighted by atomic mass is 16.5. The average Bonchev–Trinajstić information content (AvgIpc) is 2.34. The number of nitrogens with zero attached hydrogens (tertiary/aromatic N) is 1. The van der Waals surface area contributed by atoms with Crippen LogP contribution in [0.5, 0.6) is 0 Å². The minimum absolute atomic E-state index is 0.0123. The summed E-state index contributed by atoms with van der Waals surface area (Å²) in [6.45, 7) is 12.3. The highest BCUT2D eigenvalue weighted by Gasteiger charge is 2.45. The van der Waals surface area contributed by atoms with E-state index in [1.807, 2.05) is 39.8 Å². The first-order valence-electron chi connectivity index (χ1n) is 8.65. The van der Waals surface area contributed by atoms with Crippen molar-refractivity contribution >= 4 is 5.91 Å². The van der Waals surface area contributed by atoms with Gasteiger partial charge in [0.15, 0.2) is 0 Å². The monoisotopic (exact) mass is 325 g/mol. The maximum Gasteiger partial charge on any atom is 0.224 e. The van der Waals surface area contributed by atoms with E-state index in [1.54, 1.807) is 0 Å². The molecule has 4 N–H and O–H groups in total. The average molecular weight is 325 g/mol. The molecular formula is C18H35N3O2. The first kappa shape index (κ1) is 20.1. The fraction of sp³-hybridized carbons (Fsp3) is 0.833. The maximum absolute atomic E-state index is 12.1. The summed E-state index contributed by atoms with van der Waals surface area (Å²) in [5, 5.41) is 14.8. The highest BCUT2D eigenvalue weighted by Crippen LogP contribution is 2.36. The summed E-state index contributed by atoms with van der Waals surface area (Å²) in [6.07, 6.45) is 6.52. The Morgan fingerprint density at radius 1 is 1.30 bits per heavy atom. The van der Waals surface area contributed by atoms with Crippen LogP contribution in [0.25, 0.3) is 0 Å². The van der Waals surface area contributed by atoms with Gasteiger partial charge in [-0.25, -0.2) is 0 Å². The van der Waals surface area contributed by atoms with Gasteiger partial charge in [0.1, 0.15) is 0 Å². The van der Waals surface area contributed by atoms with Crippen LogP contribution in [0.4, 0.5) is 0 Å². The third-order valence-corrected chi connectivity index (χ3v) is 4.43. The molecule has 5 heteroatoms. The molecule has 0 saturated carbocycles. The van der Waals surface area contributed by atoms with Crippen LogP contribution in [0.2, 0.25) is 0 Å². The number of amides is 1. The van der Waals surface area contributed by atoms with Crippen LogP contribution in [0, 0.1) is 5.92 Å². The van der Waals surface area contributed by atoms with Crippen molar-refractivity contribution < 1.29 is 10.0 Å². The molecule has 0 aromatic heterocycles. The van der Waals surface area contributed by atoms with Gasteiger partial charge in [-0.2, -0.15) is 5.06 Å². The molecule has 1 aliphatic rings. The van der Waals surface area contributed by atoms with Crippen LogP contribution in [0.3, 0.4) is 0 Å². The molecular weight excluding hydrogens is 290 g/mol. The fourth-order valence-electron chi connectivity index (χ4n) is 3.63. The second-order valence-corrected chi connectivity index (χ2v) is 8.54. The molecule has 1 amide bonds. The summed E-state index contributed by atoms with van der Waals surface area (Å²) in [5.41, 5.74) is 5.28. The van der Waals surface area contributed by atoms with Crippen LogP contribution in [-0.4, -0.2) is 39.3 Å². The topological polar surface area (TPSA) is 78.6 Å². The van der Waals surface area contributed by atoms with Crippen molar-refractivity contribution in [3.63, 3.8) is 0 Å². The Bertz CT molecular complexity index is 412. The molecule has 0 spiro atoms. The first-order chi connectivity index (χ1) is 10.4. The Balaban J connectivity index is 2.50. The molecule has 134 valence electrons. The molecule has 5 nitrogen and oxygen atoms in total. The van der Waals surface area contributed by atoms with E-state index in [4.69, 9.17) is 5.73 Å². The first-order valence-corrected chi connectivity index (χ1v) is 8.65. The Kier molecular flexibility index (Phi) is 6.81. The second-order valence-electron chi connectivity index (χ2n) is 8.54. The number of rotatable bonds is 6. The van der Waals surface area contributed by atoms with Gasteiger partial charge in [0.25, 0.3) is 0 Å². The van der Waals surface area contributed by atoms with Crippen molar-refractivity contribution in [1.29, 1.82) is 0 Å². The van der Waals surface area contributed by atoms with Crippen LogP contribution < -0.4 is 11.1 Å². The number of nitrogens with one attached hydrogen (secondary N) is 1. The van der Waals surface area contributed by atoms with E-state index in [9.17, 15) is 10.0 Å². The van der Waals surface area contributed by atoms with E-state index in [2.05, 4.69) is 19.2 Å². The van der Waals surface area contributed by atoms with E-state index in [0.29, 0.717) is 12.3 Å². The molecule has 0 radical (unpaired) electrons. The molecule has 1 aliphatic heterocycles. The number of nitrogens with two attached hydrogens (primary N) is 1. The van der Waals surface area contributed by atoms with Crippen molar-refractivity contribution in [1.82, 2.24) is 10.4 Å². The van der Waals surface area contributed by atoms with Crippen LogP contribution in [0.15, 0.2) is 12.2 Å². The van der Waals surface area contributed by atoms with Gasteiger partial charge in [-0.15, -0.1) is 0 Å². The summed E-state index contributed by atoms with van der Waals surface area (Å²) in [7, 11) is 0. The summed E-state index contributed by atoms with van der Waals surface area (Å²) in [6, 6.07) is 0.0898. The van der Waals surface area contributed by atoms with Crippen molar-refractivity contribution in [3.05, 3.63) is 12.2 Å². The van der Waals surface area contributed by atoms with E-state index in [0.717, 1.165) is 19.3 Å². The van der Waals surface area contributed by atoms with Crippen molar-refractivity contribution in [3.8, 4) is 0 Å². The zero-order chi connectivity index (χ0) is 17.8. The predicted molar refractivity (Wildman–Crippen MR) is 94.1 cm³/mol. The largest absolute Gasteiger partial charge is 0.353 e. The minimum atomic E-state index is -0.352. The lowest BCUT2D eigenvalue weighted by molar-refractivity contribution is -0.246. The van der Waals surface area contributed by atoms with E-state index < -0.39 is 0 Å². The van der Waals surface area contributed by atoms with Crippen LogP contribution >= 0.6 is 0 Å². The zero-order valence-corrected chi connectivity index (χ0v) is 15.6. The molecule has 1 rings (SSSR count). The highest BCUT2D eigenvalue weighted by molar-refractivity contribution is 5.77. The summed E-state index contributed by atoms with van der Waals surface area (Å²) in [4.78, 5) is 12.1. The number of hydrogen-bond donors (Lipinski definition) is 3. The van der Waals surface area contributed by atoms with Crippen molar-refractivity contribution in [2.45, 2.75) is 90.4 Å². The number of hydrogen-bond acceptors (Lipinski definition) is 4. The molecule has 0 bridgehead atoms. The molecule has 0 aromatic rings. The van der Waals surface area contributed by atoms with Crippen LogP contribution in [0.1, 0.15) is 67.2 Å². The Morgan fingerprint density at radius 2 is 1.83 bits per heavy atom. The Morgan fingerprint density at radius 3 is 2.30 bits per heavy atom. The number of carbonyl (C=O) groups is 1. The van der Waals surface area contributed by atoms with Gasteiger partial charge in [0.2, 0.25) is 5.91 Å². The SMILES string of the molecule is CC(C)CC(N)C=CCC(=O)NC1CC(C)(C)N(O)C(C)(C)C1. The summed E-state index contributed by atoms with van der Waals surface area (Å²) < 4.78 is 0. The molecule has 1 heterocycles. The molecule has 0 aliphatic carbocycles. The van der Waals surface area contributed by atoms with Gasteiger partial charge in [0, 0.05) is 29.6 Å². The van der Waals surface area contributed by atoms with Crippen molar-refractivity contribution in [2.75, 3.05) is 0 Å². The minimum Gasteiger partial charge on any atom is -0.353 e. The number of carbonyl (C=O) groups excluding carboxylic acids is 1.